The summed E-state index contributed by atoms with van der Waals surface area (Å²) in [5, 5.41) is 13.3. The van der Waals surface area contributed by atoms with E-state index in [1.165, 1.54) is 12.3 Å². The normalized spacial score (nSPS) is 17.5. The minimum absolute atomic E-state index is 0.0204. The SMILES string of the molecule is Cc1nc2n(n1)CCCC2NS(=O)(=O)c1cnc(C)c(C#N)c1. The molecule has 120 valence electrons. The van der Waals surface area contributed by atoms with Gasteiger partial charge in [0.05, 0.1) is 17.3 Å². The molecule has 3 heterocycles. The van der Waals surface area contributed by atoms with Crippen LogP contribution in [0.15, 0.2) is 17.2 Å². The molecule has 0 radical (unpaired) electrons. The number of sulfonamides is 1. The quantitative estimate of drug-likeness (QED) is 0.896. The van der Waals surface area contributed by atoms with Crippen molar-refractivity contribution in [2.24, 2.45) is 0 Å². The van der Waals surface area contributed by atoms with Crippen LogP contribution in [-0.4, -0.2) is 28.2 Å². The van der Waals surface area contributed by atoms with Crippen LogP contribution in [0.1, 0.15) is 41.8 Å². The number of fused-ring (bicyclic) bond motifs is 1. The van der Waals surface area contributed by atoms with E-state index >= 15 is 0 Å². The number of hydrogen-bond acceptors (Lipinski definition) is 6. The summed E-state index contributed by atoms with van der Waals surface area (Å²) in [5.74, 6) is 1.24. The highest BCUT2D eigenvalue weighted by Gasteiger charge is 2.28. The Labute approximate surface area is 134 Å². The van der Waals surface area contributed by atoms with Crippen molar-refractivity contribution in [2.45, 2.75) is 44.2 Å². The monoisotopic (exact) mass is 332 g/mol. The van der Waals surface area contributed by atoms with E-state index in [0.29, 0.717) is 23.8 Å². The largest absolute Gasteiger partial charge is 0.259 e. The third-order valence-corrected chi connectivity index (χ3v) is 5.21. The van der Waals surface area contributed by atoms with Gasteiger partial charge in [-0.05, 0) is 32.8 Å². The molecule has 1 atom stereocenters. The minimum atomic E-state index is -3.79. The lowest BCUT2D eigenvalue weighted by Crippen LogP contribution is -2.33. The molecule has 0 saturated heterocycles. The lowest BCUT2D eigenvalue weighted by Gasteiger charge is -2.23. The summed E-state index contributed by atoms with van der Waals surface area (Å²) < 4.78 is 29.5. The van der Waals surface area contributed by atoms with Gasteiger partial charge in [0.1, 0.15) is 22.6 Å². The van der Waals surface area contributed by atoms with Gasteiger partial charge in [-0.25, -0.2) is 22.8 Å². The highest BCUT2D eigenvalue weighted by Crippen LogP contribution is 2.25. The van der Waals surface area contributed by atoms with Gasteiger partial charge in [-0.1, -0.05) is 0 Å². The lowest BCUT2D eigenvalue weighted by atomic mass is 10.1. The molecular formula is C14H16N6O2S. The second-order valence-corrected chi connectivity index (χ2v) is 7.19. The first-order valence-corrected chi connectivity index (χ1v) is 8.69. The van der Waals surface area contributed by atoms with Crippen LogP contribution in [0, 0.1) is 25.2 Å². The van der Waals surface area contributed by atoms with Gasteiger partial charge in [-0.15, -0.1) is 0 Å². The summed E-state index contributed by atoms with van der Waals surface area (Å²) in [5.41, 5.74) is 0.745. The lowest BCUT2D eigenvalue weighted by molar-refractivity contribution is 0.399. The Kier molecular flexibility index (Phi) is 3.87. The molecule has 23 heavy (non-hydrogen) atoms. The maximum Gasteiger partial charge on any atom is 0.242 e. The molecule has 2 aromatic rings. The van der Waals surface area contributed by atoms with Crippen molar-refractivity contribution in [3.63, 3.8) is 0 Å². The molecule has 0 spiro atoms. The zero-order chi connectivity index (χ0) is 16.6. The van der Waals surface area contributed by atoms with Gasteiger partial charge in [0.25, 0.3) is 0 Å². The molecule has 1 aliphatic heterocycles. The molecular weight excluding hydrogens is 316 g/mol. The van der Waals surface area contributed by atoms with Gasteiger partial charge in [0.15, 0.2) is 0 Å². The number of hydrogen-bond donors (Lipinski definition) is 1. The Morgan fingerprint density at radius 2 is 2.22 bits per heavy atom. The van der Waals surface area contributed by atoms with Crippen molar-refractivity contribution >= 4 is 10.0 Å². The van der Waals surface area contributed by atoms with E-state index in [1.807, 2.05) is 6.07 Å². The Bertz CT molecular complexity index is 896. The highest BCUT2D eigenvalue weighted by molar-refractivity contribution is 7.89. The molecule has 9 heteroatoms. The number of nitrogens with zero attached hydrogens (tertiary/aromatic N) is 5. The van der Waals surface area contributed by atoms with E-state index in [0.717, 1.165) is 13.0 Å². The Balaban J connectivity index is 1.92. The van der Waals surface area contributed by atoms with E-state index in [4.69, 9.17) is 5.26 Å². The molecule has 0 aliphatic carbocycles. The first kappa shape index (κ1) is 15.6. The second kappa shape index (κ2) is 5.72. The topological polar surface area (TPSA) is 114 Å². The second-order valence-electron chi connectivity index (χ2n) is 5.47. The van der Waals surface area contributed by atoms with Crippen molar-refractivity contribution in [3.8, 4) is 6.07 Å². The molecule has 1 N–H and O–H groups in total. The van der Waals surface area contributed by atoms with Crippen LogP contribution in [0.4, 0.5) is 0 Å². The maximum absolute atomic E-state index is 12.6. The molecule has 0 aromatic carbocycles. The van der Waals surface area contributed by atoms with Crippen molar-refractivity contribution in [2.75, 3.05) is 0 Å². The predicted molar refractivity (Wildman–Crippen MR) is 80.7 cm³/mol. The van der Waals surface area contributed by atoms with Crippen molar-refractivity contribution in [1.82, 2.24) is 24.5 Å². The molecule has 0 fully saturated rings. The van der Waals surface area contributed by atoms with Crippen LogP contribution in [0.5, 0.6) is 0 Å². The summed E-state index contributed by atoms with van der Waals surface area (Å²) in [6.45, 7) is 4.17. The Morgan fingerprint density at radius 1 is 1.43 bits per heavy atom. The number of aryl methyl sites for hydroxylation is 3. The van der Waals surface area contributed by atoms with E-state index in [1.54, 1.807) is 18.5 Å². The van der Waals surface area contributed by atoms with E-state index in [9.17, 15) is 8.42 Å². The van der Waals surface area contributed by atoms with Crippen LogP contribution < -0.4 is 4.72 Å². The third-order valence-electron chi connectivity index (χ3n) is 3.77. The number of aromatic nitrogens is 4. The van der Waals surface area contributed by atoms with Crippen molar-refractivity contribution in [3.05, 3.63) is 35.2 Å². The number of pyridine rings is 1. The Morgan fingerprint density at radius 3 is 2.96 bits per heavy atom. The smallest absolute Gasteiger partial charge is 0.242 e. The number of nitrogens with one attached hydrogen (secondary N) is 1. The fourth-order valence-electron chi connectivity index (χ4n) is 2.61. The van der Waals surface area contributed by atoms with Gasteiger partial charge in [-0.3, -0.25) is 4.98 Å². The molecule has 3 rings (SSSR count). The number of nitriles is 1. The van der Waals surface area contributed by atoms with Gasteiger partial charge in [-0.2, -0.15) is 10.4 Å². The van der Waals surface area contributed by atoms with Crippen LogP contribution >= 0.6 is 0 Å². The van der Waals surface area contributed by atoms with E-state index in [-0.39, 0.29) is 10.5 Å². The first-order chi connectivity index (χ1) is 10.9. The first-order valence-electron chi connectivity index (χ1n) is 7.21. The van der Waals surface area contributed by atoms with Crippen LogP contribution in [0.3, 0.4) is 0 Å². The van der Waals surface area contributed by atoms with Gasteiger partial charge in [0, 0.05) is 12.7 Å². The van der Waals surface area contributed by atoms with Crippen molar-refractivity contribution < 1.29 is 8.42 Å². The standard InChI is InChI=1S/C14H16N6O2S/c1-9-11(7-15)6-12(8-16-9)23(21,22)19-13-4-3-5-20-14(13)17-10(2)18-20/h6,8,13,19H,3-5H2,1-2H3. The van der Waals surface area contributed by atoms with Crippen LogP contribution in [-0.2, 0) is 16.6 Å². The zero-order valence-electron chi connectivity index (χ0n) is 12.8. The highest BCUT2D eigenvalue weighted by atomic mass is 32.2. The zero-order valence-corrected chi connectivity index (χ0v) is 13.6. The van der Waals surface area contributed by atoms with Gasteiger partial charge >= 0.3 is 0 Å². The third kappa shape index (κ3) is 2.95. The maximum atomic E-state index is 12.6. The van der Waals surface area contributed by atoms with Gasteiger partial charge in [0.2, 0.25) is 10.0 Å². The van der Waals surface area contributed by atoms with E-state index < -0.39 is 16.1 Å². The van der Waals surface area contributed by atoms with Gasteiger partial charge < -0.3 is 0 Å². The van der Waals surface area contributed by atoms with E-state index in [2.05, 4.69) is 19.8 Å². The fourth-order valence-corrected chi connectivity index (χ4v) is 3.81. The predicted octanol–water partition coefficient (Wildman–Crippen LogP) is 0.975. The van der Waals surface area contributed by atoms with Crippen LogP contribution in [0.2, 0.25) is 0 Å². The fraction of sp³-hybridized carbons (Fsp3) is 0.429. The van der Waals surface area contributed by atoms with Crippen LogP contribution in [0.25, 0.3) is 0 Å². The summed E-state index contributed by atoms with van der Waals surface area (Å²) in [4.78, 5) is 8.28. The molecule has 2 aromatic heterocycles. The number of rotatable bonds is 3. The average Bonchev–Trinajstić information content (AvgIpc) is 2.88. The summed E-state index contributed by atoms with van der Waals surface area (Å²) in [6.07, 6.45) is 2.73. The van der Waals surface area contributed by atoms with Crippen molar-refractivity contribution in [1.29, 1.82) is 5.26 Å². The Hall–Kier alpha value is -2.31. The molecule has 1 unspecified atom stereocenters. The molecule has 0 amide bonds. The molecule has 8 nitrogen and oxygen atoms in total. The average molecular weight is 332 g/mol. The minimum Gasteiger partial charge on any atom is -0.259 e. The molecule has 0 bridgehead atoms. The molecule has 0 saturated carbocycles. The summed E-state index contributed by atoms with van der Waals surface area (Å²) >= 11 is 0. The summed E-state index contributed by atoms with van der Waals surface area (Å²) in [7, 11) is -3.79. The summed E-state index contributed by atoms with van der Waals surface area (Å²) in [6, 6.07) is 2.86. The molecule has 1 aliphatic rings.